The Kier molecular flexibility index (Phi) is 4.23. The summed E-state index contributed by atoms with van der Waals surface area (Å²) in [5.41, 5.74) is 0.432. The number of halogens is 1. The van der Waals surface area contributed by atoms with Crippen LogP contribution in [-0.2, 0) is 23.7 Å². The monoisotopic (exact) mass is 319 g/mol. The van der Waals surface area contributed by atoms with Gasteiger partial charge in [0.05, 0.1) is 13.2 Å². The number of benzene rings is 1. The van der Waals surface area contributed by atoms with E-state index in [1.165, 1.54) is 12.1 Å². The fraction of sp³-hybridized carbons (Fsp3) is 0.417. The van der Waals surface area contributed by atoms with Crippen molar-refractivity contribution in [3.05, 3.63) is 28.8 Å². The second-order valence-electron chi connectivity index (χ2n) is 4.15. The van der Waals surface area contributed by atoms with Crippen LogP contribution in [0.5, 0.6) is 0 Å². The molecule has 6 nitrogen and oxygen atoms in total. The third-order valence-corrected chi connectivity index (χ3v) is 5.58. The van der Waals surface area contributed by atoms with E-state index in [9.17, 15) is 14.5 Å². The lowest BCUT2D eigenvalue weighted by Crippen LogP contribution is -2.35. The minimum atomic E-state index is -4.10. The molecule has 0 fully saturated rings. The summed E-state index contributed by atoms with van der Waals surface area (Å²) >= 11 is 5.88. The number of carbonyl (C=O) groups is 1. The number of hydrogen-bond donors (Lipinski definition) is 2. The van der Waals surface area contributed by atoms with E-state index in [4.69, 9.17) is 20.6 Å². The first-order chi connectivity index (χ1) is 9.39. The Balaban J connectivity index is 2.61. The maximum atomic E-state index is 12.8. The number of amides is 1. The number of aliphatic hydroxyl groups is 1. The maximum Gasteiger partial charge on any atom is 0.376 e. The third-order valence-electron chi connectivity index (χ3n) is 2.92. The average Bonchev–Trinajstić information content (AvgIpc) is 2.64. The van der Waals surface area contributed by atoms with Gasteiger partial charge in [-0.05, 0) is 32.0 Å². The van der Waals surface area contributed by atoms with E-state index in [0.717, 1.165) is 0 Å². The highest BCUT2D eigenvalue weighted by Crippen LogP contribution is 2.66. The highest BCUT2D eigenvalue weighted by molar-refractivity contribution is 7.56. The molecular formula is C12H15ClNO5P. The molecule has 1 heterocycles. The molecule has 0 saturated carbocycles. The van der Waals surface area contributed by atoms with E-state index in [-0.39, 0.29) is 18.8 Å². The quantitative estimate of drug-likeness (QED) is 0.815. The molecular weight excluding hydrogens is 305 g/mol. The molecule has 0 spiro atoms. The molecule has 20 heavy (non-hydrogen) atoms. The van der Waals surface area contributed by atoms with E-state index in [0.29, 0.717) is 10.7 Å². The molecule has 0 saturated heterocycles. The van der Waals surface area contributed by atoms with Crippen LogP contribution in [0.1, 0.15) is 19.4 Å². The number of nitrogens with one attached hydrogen (secondary N) is 1. The minimum Gasteiger partial charge on any atom is -0.366 e. The van der Waals surface area contributed by atoms with Crippen LogP contribution in [0.2, 0.25) is 5.02 Å². The smallest absolute Gasteiger partial charge is 0.366 e. The Labute approximate surface area is 121 Å². The molecule has 0 aliphatic carbocycles. The van der Waals surface area contributed by atoms with Crippen molar-refractivity contribution < 1.29 is 23.5 Å². The molecule has 1 atom stereocenters. The first-order valence-electron chi connectivity index (χ1n) is 6.12. The zero-order valence-corrected chi connectivity index (χ0v) is 12.7. The van der Waals surface area contributed by atoms with Gasteiger partial charge < -0.3 is 19.5 Å². The van der Waals surface area contributed by atoms with Crippen LogP contribution in [0.3, 0.4) is 0 Å². The first-order valence-corrected chi connectivity index (χ1v) is 8.04. The minimum absolute atomic E-state index is 0.0305. The first kappa shape index (κ1) is 15.5. The zero-order chi connectivity index (χ0) is 15.0. The van der Waals surface area contributed by atoms with Crippen molar-refractivity contribution >= 4 is 30.8 Å². The maximum absolute atomic E-state index is 12.8. The number of anilines is 1. The second-order valence-corrected chi connectivity index (χ2v) is 6.74. The van der Waals surface area contributed by atoms with Crippen LogP contribution < -0.4 is 5.32 Å². The largest absolute Gasteiger partial charge is 0.376 e. The summed E-state index contributed by atoms with van der Waals surface area (Å²) < 4.78 is 23.0. The molecule has 8 heteroatoms. The molecule has 0 radical (unpaired) electrons. The van der Waals surface area contributed by atoms with Gasteiger partial charge in [-0.2, -0.15) is 0 Å². The summed E-state index contributed by atoms with van der Waals surface area (Å²) in [5, 5.41) is 11.1. The average molecular weight is 320 g/mol. The lowest BCUT2D eigenvalue weighted by Gasteiger charge is -2.29. The van der Waals surface area contributed by atoms with E-state index in [1.807, 2.05) is 0 Å². The summed E-state index contributed by atoms with van der Waals surface area (Å²) in [7, 11) is -4.10. The van der Waals surface area contributed by atoms with Gasteiger partial charge in [0.15, 0.2) is 0 Å². The molecule has 1 aliphatic rings. The van der Waals surface area contributed by atoms with Gasteiger partial charge in [-0.15, -0.1) is 0 Å². The van der Waals surface area contributed by atoms with E-state index in [1.54, 1.807) is 19.9 Å². The van der Waals surface area contributed by atoms with Gasteiger partial charge in [-0.1, -0.05) is 11.6 Å². The fourth-order valence-electron chi connectivity index (χ4n) is 2.08. The summed E-state index contributed by atoms with van der Waals surface area (Å²) in [4.78, 5) is 12.1. The topological polar surface area (TPSA) is 84.9 Å². The number of fused-ring (bicyclic) bond motifs is 1. The van der Waals surface area contributed by atoms with Crippen LogP contribution in [0.25, 0.3) is 0 Å². The predicted molar refractivity (Wildman–Crippen MR) is 74.8 cm³/mol. The standard InChI is InChI=1S/C12H15ClNO5P/c1-3-18-20(17,19-4-2)12(16)9-7-8(13)5-6-10(9)14-11(12)15/h5-7,16H,3-4H2,1-2H3,(H,14,15). The molecule has 0 aromatic heterocycles. The highest BCUT2D eigenvalue weighted by Gasteiger charge is 2.61. The van der Waals surface area contributed by atoms with Gasteiger partial charge in [-0.25, -0.2) is 0 Å². The third kappa shape index (κ3) is 2.18. The second kappa shape index (κ2) is 5.47. The normalized spacial score (nSPS) is 21.7. The molecule has 1 amide bonds. The van der Waals surface area contributed by atoms with E-state index in [2.05, 4.69) is 5.32 Å². The van der Waals surface area contributed by atoms with Gasteiger partial charge in [0, 0.05) is 16.3 Å². The molecule has 1 unspecified atom stereocenters. The van der Waals surface area contributed by atoms with Crippen LogP contribution in [0.4, 0.5) is 5.69 Å². The summed E-state index contributed by atoms with van der Waals surface area (Å²) in [6.45, 7) is 3.26. The Morgan fingerprint density at radius 1 is 1.35 bits per heavy atom. The summed E-state index contributed by atoms with van der Waals surface area (Å²) in [6.07, 6.45) is 0. The van der Waals surface area contributed by atoms with Crippen LogP contribution in [0, 0.1) is 0 Å². The van der Waals surface area contributed by atoms with Crippen molar-refractivity contribution in [1.82, 2.24) is 0 Å². The van der Waals surface area contributed by atoms with Crippen LogP contribution in [-0.4, -0.2) is 24.2 Å². The Morgan fingerprint density at radius 3 is 2.50 bits per heavy atom. The predicted octanol–water partition coefficient (Wildman–Crippen LogP) is 2.70. The fourth-order valence-corrected chi connectivity index (χ4v) is 4.17. The van der Waals surface area contributed by atoms with Crippen molar-refractivity contribution in [2.75, 3.05) is 18.5 Å². The zero-order valence-electron chi connectivity index (χ0n) is 11.1. The molecule has 0 bridgehead atoms. The van der Waals surface area contributed by atoms with Crippen molar-refractivity contribution in [1.29, 1.82) is 0 Å². The van der Waals surface area contributed by atoms with Crippen LogP contribution >= 0.6 is 19.2 Å². The van der Waals surface area contributed by atoms with Gasteiger partial charge in [-0.3, -0.25) is 9.36 Å². The van der Waals surface area contributed by atoms with Crippen LogP contribution in [0.15, 0.2) is 18.2 Å². The van der Waals surface area contributed by atoms with Gasteiger partial charge in [0.1, 0.15) is 0 Å². The molecule has 2 rings (SSSR count). The highest BCUT2D eigenvalue weighted by atomic mass is 35.5. The summed E-state index contributed by atoms with van der Waals surface area (Å²) in [6, 6.07) is 4.45. The number of carbonyl (C=O) groups excluding carboxylic acids is 1. The number of hydrogen-bond acceptors (Lipinski definition) is 5. The molecule has 1 aliphatic heterocycles. The Bertz CT molecular complexity index is 583. The van der Waals surface area contributed by atoms with Gasteiger partial charge in [0.25, 0.3) is 11.2 Å². The molecule has 1 aromatic carbocycles. The Hall–Kier alpha value is -0.910. The SMILES string of the molecule is CCOP(=O)(OCC)C1(O)C(=O)Nc2ccc(Cl)cc21. The molecule has 2 N–H and O–H groups in total. The van der Waals surface area contributed by atoms with Crippen molar-refractivity contribution in [3.8, 4) is 0 Å². The summed E-state index contributed by atoms with van der Waals surface area (Å²) in [5.74, 6) is -0.847. The van der Waals surface area contributed by atoms with Crippen molar-refractivity contribution in [3.63, 3.8) is 0 Å². The van der Waals surface area contributed by atoms with Gasteiger partial charge in [0.2, 0.25) is 0 Å². The van der Waals surface area contributed by atoms with E-state index >= 15 is 0 Å². The van der Waals surface area contributed by atoms with Crippen molar-refractivity contribution in [2.45, 2.75) is 19.2 Å². The molecule has 110 valence electrons. The number of rotatable bonds is 5. The van der Waals surface area contributed by atoms with Crippen molar-refractivity contribution in [2.24, 2.45) is 0 Å². The van der Waals surface area contributed by atoms with Gasteiger partial charge >= 0.3 is 7.60 Å². The Morgan fingerprint density at radius 2 is 1.95 bits per heavy atom. The molecule has 1 aromatic rings. The lowest BCUT2D eigenvalue weighted by atomic mass is 10.1. The van der Waals surface area contributed by atoms with E-state index < -0.39 is 18.8 Å². The lowest BCUT2D eigenvalue weighted by molar-refractivity contribution is -0.128.